The van der Waals surface area contributed by atoms with Crippen LogP contribution in [0, 0.1) is 11.8 Å². The average Bonchev–Trinajstić information content (AvgIpc) is 2.81. The Hall–Kier alpha value is -2.51. The highest BCUT2D eigenvalue weighted by Crippen LogP contribution is 2.18. The van der Waals surface area contributed by atoms with Crippen molar-refractivity contribution in [3.63, 3.8) is 0 Å². The van der Waals surface area contributed by atoms with Crippen LogP contribution in [0.25, 0.3) is 0 Å². The van der Waals surface area contributed by atoms with Gasteiger partial charge in [-0.15, -0.1) is 0 Å². The van der Waals surface area contributed by atoms with E-state index < -0.39 is 64.0 Å². The van der Waals surface area contributed by atoms with Crippen LogP contribution >= 0.6 is 10.8 Å². The van der Waals surface area contributed by atoms with Gasteiger partial charge in [-0.05, 0) is 31.3 Å². The summed E-state index contributed by atoms with van der Waals surface area (Å²) in [6.45, 7) is 8.44. The average molecular weight is 557 g/mol. The van der Waals surface area contributed by atoms with Gasteiger partial charge in [-0.25, -0.2) is 4.79 Å². The molecule has 0 saturated carbocycles. The fourth-order valence-corrected chi connectivity index (χ4v) is 6.17. The quantitative estimate of drug-likeness (QED) is 0.125. The molecule has 5 atom stereocenters. The Morgan fingerprint density at radius 1 is 1.03 bits per heavy atom. The minimum absolute atomic E-state index is 0.136. The van der Waals surface area contributed by atoms with Crippen LogP contribution in [0.15, 0.2) is 23.9 Å². The van der Waals surface area contributed by atoms with Crippen LogP contribution in [0.3, 0.4) is 0 Å². The van der Waals surface area contributed by atoms with Gasteiger partial charge in [0, 0.05) is 16.0 Å². The van der Waals surface area contributed by atoms with Crippen molar-refractivity contribution in [3.8, 4) is 0 Å². The molecule has 4 amide bonds. The molecule has 2 bridgehead atoms. The minimum atomic E-state index is -1.54. The Morgan fingerprint density at radius 2 is 1.70 bits per heavy atom. The SMILES string of the molecule is C/C=C1\NC(=O)[C@H]2C[S+]([O-])SCC/C=C/[C@H](CC(=O)N[C@H](C(C)C)C(=O)N2)OC(=O)C(C(C)C)NC1=O. The van der Waals surface area contributed by atoms with Gasteiger partial charge in [0.05, 0.1) is 17.2 Å². The number of allylic oxidation sites excluding steroid dienone is 2. The highest BCUT2D eigenvalue weighted by atomic mass is 33.1. The van der Waals surface area contributed by atoms with E-state index in [1.807, 2.05) is 0 Å². The van der Waals surface area contributed by atoms with Crippen molar-refractivity contribution < 1.29 is 33.3 Å². The van der Waals surface area contributed by atoms with E-state index in [1.165, 1.54) is 13.0 Å². The van der Waals surface area contributed by atoms with E-state index in [-0.39, 0.29) is 29.7 Å². The molecule has 0 radical (unpaired) electrons. The molecule has 37 heavy (non-hydrogen) atoms. The molecule has 2 rings (SSSR count). The monoisotopic (exact) mass is 556 g/mol. The van der Waals surface area contributed by atoms with E-state index in [0.29, 0.717) is 12.2 Å². The molecule has 13 heteroatoms. The normalized spacial score (nSPS) is 31.2. The fraction of sp³-hybridized carbons (Fsp3) is 0.625. The summed E-state index contributed by atoms with van der Waals surface area (Å²) in [5, 5.41) is 10.3. The molecule has 0 aromatic carbocycles. The lowest BCUT2D eigenvalue weighted by molar-refractivity contribution is -0.153. The molecule has 2 heterocycles. The van der Waals surface area contributed by atoms with E-state index >= 15 is 0 Å². The maximum atomic E-state index is 13.2. The predicted molar refractivity (Wildman–Crippen MR) is 141 cm³/mol. The first kappa shape index (κ1) is 30.7. The maximum Gasteiger partial charge on any atom is 0.329 e. The van der Waals surface area contributed by atoms with Crippen molar-refractivity contribution in [2.45, 2.75) is 71.7 Å². The standard InChI is InChI=1S/C24H36N4O7S2/c1-6-16-21(30)28-20(14(4)5)24(33)35-15-9-7-8-10-36-37(34)12-17(22(31)25-16)26-23(32)19(13(2)3)27-18(29)11-15/h6-7,9,13-15,17,19-20H,8,10-12H2,1-5H3,(H,25,31)(H,26,32)(H,27,29)(H,28,30)/b9-7+,16-6-/t15-,17-,19-,20?,37?/m1/s1. The Bertz CT molecular complexity index is 938. The Balaban J connectivity index is 2.59. The van der Waals surface area contributed by atoms with Crippen LogP contribution in [0.1, 0.15) is 47.5 Å². The van der Waals surface area contributed by atoms with E-state index in [2.05, 4.69) is 21.3 Å². The second-order valence-electron chi connectivity index (χ2n) is 9.43. The molecule has 2 aliphatic heterocycles. The van der Waals surface area contributed by atoms with Gasteiger partial charge in [-0.3, -0.25) is 19.2 Å². The number of amides is 4. The number of rotatable bonds is 2. The molecule has 11 nitrogen and oxygen atoms in total. The van der Waals surface area contributed by atoms with Crippen LogP contribution in [-0.2, 0) is 38.9 Å². The second kappa shape index (κ2) is 14.4. The topological polar surface area (TPSA) is 166 Å². The van der Waals surface area contributed by atoms with E-state index in [1.54, 1.807) is 39.8 Å². The van der Waals surface area contributed by atoms with Crippen LogP contribution in [0.5, 0.6) is 0 Å². The molecular weight excluding hydrogens is 520 g/mol. The summed E-state index contributed by atoms with van der Waals surface area (Å²) in [7, 11) is -0.434. The van der Waals surface area contributed by atoms with Crippen molar-refractivity contribution in [2.75, 3.05) is 11.5 Å². The minimum Gasteiger partial charge on any atom is -0.605 e. The molecule has 0 spiro atoms. The molecule has 0 aromatic heterocycles. The zero-order valence-electron chi connectivity index (χ0n) is 21.7. The van der Waals surface area contributed by atoms with Gasteiger partial charge in [-0.1, -0.05) is 39.8 Å². The zero-order chi connectivity index (χ0) is 27.7. The van der Waals surface area contributed by atoms with E-state index in [4.69, 9.17) is 4.74 Å². The molecular formula is C24H36N4O7S2. The van der Waals surface area contributed by atoms with Crippen LogP contribution in [-0.4, -0.2) is 69.9 Å². The Morgan fingerprint density at radius 3 is 2.32 bits per heavy atom. The van der Waals surface area contributed by atoms with Gasteiger partial charge in [0.1, 0.15) is 29.6 Å². The number of hydrogen-bond acceptors (Lipinski definition) is 8. The molecule has 0 aliphatic carbocycles. The summed E-state index contributed by atoms with van der Waals surface area (Å²) in [6, 6.07) is -3.30. The largest absolute Gasteiger partial charge is 0.605 e. The van der Waals surface area contributed by atoms with Gasteiger partial charge in [0.25, 0.3) is 11.8 Å². The summed E-state index contributed by atoms with van der Waals surface area (Å²) >= 11 is 0. The molecule has 206 valence electrons. The number of hydrogen-bond donors (Lipinski definition) is 4. The van der Waals surface area contributed by atoms with Gasteiger partial charge >= 0.3 is 5.97 Å². The van der Waals surface area contributed by atoms with Gasteiger partial charge in [-0.2, -0.15) is 0 Å². The lowest BCUT2D eigenvalue weighted by Gasteiger charge is -2.27. The molecule has 2 aliphatic rings. The van der Waals surface area contributed by atoms with Crippen molar-refractivity contribution in [1.29, 1.82) is 0 Å². The number of nitrogens with one attached hydrogen (secondary N) is 4. The van der Waals surface area contributed by atoms with Gasteiger partial charge in [0.15, 0.2) is 6.04 Å². The summed E-state index contributed by atoms with van der Waals surface area (Å²) in [5.74, 6) is -3.87. The van der Waals surface area contributed by atoms with Crippen molar-refractivity contribution in [2.24, 2.45) is 11.8 Å². The predicted octanol–water partition coefficient (Wildman–Crippen LogP) is 0.445. The molecule has 4 N–H and O–H groups in total. The van der Waals surface area contributed by atoms with Crippen LogP contribution in [0.2, 0.25) is 0 Å². The van der Waals surface area contributed by atoms with Crippen LogP contribution in [0.4, 0.5) is 0 Å². The Labute approximate surface area is 223 Å². The Kier molecular flexibility index (Phi) is 12.0. The van der Waals surface area contributed by atoms with E-state index in [9.17, 15) is 28.5 Å². The summed E-state index contributed by atoms with van der Waals surface area (Å²) in [5.41, 5.74) is -0.136. The second-order valence-corrected chi connectivity index (χ2v) is 12.8. The summed E-state index contributed by atoms with van der Waals surface area (Å²) in [6.07, 6.45) is 3.93. The number of fused-ring (bicyclic) bond motifs is 7. The first-order chi connectivity index (χ1) is 17.4. The highest BCUT2D eigenvalue weighted by Gasteiger charge is 2.35. The maximum absolute atomic E-state index is 13.2. The molecule has 1 saturated heterocycles. The molecule has 1 fully saturated rings. The van der Waals surface area contributed by atoms with Crippen molar-refractivity contribution in [1.82, 2.24) is 21.3 Å². The number of esters is 1. The smallest absolute Gasteiger partial charge is 0.329 e. The third-order valence-corrected chi connectivity index (χ3v) is 8.67. The third-order valence-electron chi connectivity index (χ3n) is 5.70. The lowest BCUT2D eigenvalue weighted by atomic mass is 10.0. The number of carbonyl (C=O) groups excluding carboxylic acids is 5. The van der Waals surface area contributed by atoms with Gasteiger partial charge < -0.3 is 30.6 Å². The van der Waals surface area contributed by atoms with Crippen molar-refractivity contribution in [3.05, 3.63) is 23.9 Å². The molecule has 0 aromatic rings. The highest BCUT2D eigenvalue weighted by molar-refractivity contribution is 8.72. The van der Waals surface area contributed by atoms with Gasteiger partial charge in [0.2, 0.25) is 11.8 Å². The van der Waals surface area contributed by atoms with Crippen LogP contribution < -0.4 is 21.3 Å². The first-order valence-corrected chi connectivity index (χ1v) is 15.0. The first-order valence-electron chi connectivity index (χ1n) is 12.2. The number of carbonyl (C=O) groups is 5. The fourth-order valence-electron chi connectivity index (χ4n) is 3.60. The summed E-state index contributed by atoms with van der Waals surface area (Å²) in [4.78, 5) is 65.2. The van der Waals surface area contributed by atoms with Crippen molar-refractivity contribution >= 4 is 50.6 Å². The lowest BCUT2D eigenvalue weighted by Crippen LogP contribution is -2.58. The third kappa shape index (κ3) is 9.38. The number of ether oxygens (including phenoxy) is 1. The van der Waals surface area contributed by atoms with E-state index in [0.717, 1.165) is 10.8 Å². The zero-order valence-corrected chi connectivity index (χ0v) is 23.3. The summed E-state index contributed by atoms with van der Waals surface area (Å²) < 4.78 is 18.3. The molecule has 2 unspecified atom stereocenters.